The van der Waals surface area contributed by atoms with Gasteiger partial charge < -0.3 is 9.73 Å². The molecule has 142 valence electrons. The van der Waals surface area contributed by atoms with Crippen LogP contribution in [0.15, 0.2) is 70.8 Å². The van der Waals surface area contributed by atoms with Crippen molar-refractivity contribution in [2.45, 2.75) is 6.54 Å². The highest BCUT2D eigenvalue weighted by Gasteiger charge is 2.34. The number of urea groups is 1. The molecule has 7 heteroatoms. The van der Waals surface area contributed by atoms with E-state index in [-0.39, 0.29) is 12.2 Å². The van der Waals surface area contributed by atoms with Gasteiger partial charge in [0.2, 0.25) is 0 Å². The molecule has 2 aromatic carbocycles. The van der Waals surface area contributed by atoms with E-state index in [9.17, 15) is 9.59 Å². The molecule has 4 rings (SSSR count). The average Bonchev–Trinajstić information content (AvgIpc) is 3.30. The van der Waals surface area contributed by atoms with Gasteiger partial charge in [-0.3, -0.25) is 9.69 Å². The van der Waals surface area contributed by atoms with E-state index in [4.69, 9.17) is 21.3 Å². The van der Waals surface area contributed by atoms with Crippen LogP contribution in [0.2, 0.25) is 5.02 Å². The van der Waals surface area contributed by atoms with E-state index < -0.39 is 11.9 Å². The van der Waals surface area contributed by atoms with Crippen LogP contribution in [0.5, 0.6) is 0 Å². The molecule has 29 heavy (non-hydrogen) atoms. The fourth-order valence-corrected chi connectivity index (χ4v) is 3.14. The number of nitriles is 1. The molecule has 0 saturated carbocycles. The maximum atomic E-state index is 12.6. The minimum atomic E-state index is -0.514. The van der Waals surface area contributed by atoms with Gasteiger partial charge in [0.15, 0.2) is 0 Å². The molecule has 3 aromatic rings. The molecule has 3 amide bonds. The van der Waals surface area contributed by atoms with E-state index in [0.717, 1.165) is 10.5 Å². The second-order valence-corrected chi connectivity index (χ2v) is 6.77. The molecule has 1 aliphatic heterocycles. The third-order valence-corrected chi connectivity index (χ3v) is 4.83. The monoisotopic (exact) mass is 403 g/mol. The third-order valence-electron chi connectivity index (χ3n) is 4.46. The molecule has 0 bridgehead atoms. The van der Waals surface area contributed by atoms with Crippen molar-refractivity contribution in [1.29, 1.82) is 5.26 Å². The number of carbonyl (C=O) groups excluding carboxylic acids is 2. The number of hydrogen-bond donors (Lipinski definition) is 1. The minimum Gasteiger partial charge on any atom is -0.457 e. The van der Waals surface area contributed by atoms with Crippen molar-refractivity contribution in [3.63, 3.8) is 0 Å². The van der Waals surface area contributed by atoms with Gasteiger partial charge in [0.1, 0.15) is 17.2 Å². The number of furan rings is 1. The standard InChI is InChI=1S/C22H14ClN3O3/c23-18-4-2-1-3-16(18)13-26-21(27)19(25-22(26)28)11-17-9-10-20(29-17)15-7-5-14(12-24)6-8-15/h1-11H,13H2,(H,25,28). The van der Waals surface area contributed by atoms with E-state index >= 15 is 0 Å². The summed E-state index contributed by atoms with van der Waals surface area (Å²) >= 11 is 6.13. The number of hydrogen-bond acceptors (Lipinski definition) is 4. The van der Waals surface area contributed by atoms with Gasteiger partial charge in [-0.15, -0.1) is 0 Å². The number of nitrogens with one attached hydrogen (secondary N) is 1. The fourth-order valence-electron chi connectivity index (χ4n) is 2.95. The van der Waals surface area contributed by atoms with Crippen LogP contribution in [0.4, 0.5) is 4.79 Å². The molecule has 0 aliphatic carbocycles. The van der Waals surface area contributed by atoms with E-state index in [1.165, 1.54) is 6.08 Å². The Morgan fingerprint density at radius 1 is 1.07 bits per heavy atom. The van der Waals surface area contributed by atoms with Gasteiger partial charge >= 0.3 is 6.03 Å². The maximum absolute atomic E-state index is 12.6. The summed E-state index contributed by atoms with van der Waals surface area (Å²) in [5, 5.41) is 11.9. The van der Waals surface area contributed by atoms with Crippen LogP contribution in [0.1, 0.15) is 16.9 Å². The highest BCUT2D eigenvalue weighted by molar-refractivity contribution is 6.31. The number of benzene rings is 2. The Bertz CT molecular complexity index is 1170. The molecule has 2 heterocycles. The van der Waals surface area contributed by atoms with Crippen molar-refractivity contribution in [2.75, 3.05) is 0 Å². The lowest BCUT2D eigenvalue weighted by Crippen LogP contribution is -2.30. The minimum absolute atomic E-state index is 0.0797. The van der Waals surface area contributed by atoms with Crippen molar-refractivity contribution in [3.05, 3.63) is 88.3 Å². The molecule has 6 nitrogen and oxygen atoms in total. The van der Waals surface area contributed by atoms with E-state index in [2.05, 4.69) is 11.4 Å². The van der Waals surface area contributed by atoms with Crippen LogP contribution in [0, 0.1) is 11.3 Å². The molecular weight excluding hydrogens is 390 g/mol. The van der Waals surface area contributed by atoms with Gasteiger partial charge in [-0.05, 0) is 48.0 Å². The lowest BCUT2D eigenvalue weighted by Gasteiger charge is -2.12. The Morgan fingerprint density at radius 3 is 2.55 bits per heavy atom. The van der Waals surface area contributed by atoms with Crippen molar-refractivity contribution in [2.24, 2.45) is 0 Å². The summed E-state index contributed by atoms with van der Waals surface area (Å²) in [4.78, 5) is 26.0. The Balaban J connectivity index is 1.54. The molecule has 1 aliphatic rings. The number of halogens is 1. The van der Waals surface area contributed by atoms with Crippen LogP contribution < -0.4 is 5.32 Å². The summed E-state index contributed by atoms with van der Waals surface area (Å²) < 4.78 is 5.76. The van der Waals surface area contributed by atoms with Crippen LogP contribution >= 0.6 is 11.6 Å². The first-order valence-corrected chi connectivity index (χ1v) is 9.11. The Hall–Kier alpha value is -3.82. The van der Waals surface area contributed by atoms with E-state index in [1.807, 2.05) is 0 Å². The fraction of sp³-hybridized carbons (Fsp3) is 0.0455. The van der Waals surface area contributed by atoms with Crippen LogP contribution in [0.3, 0.4) is 0 Å². The highest BCUT2D eigenvalue weighted by Crippen LogP contribution is 2.25. The zero-order valence-corrected chi connectivity index (χ0v) is 15.8. The summed E-state index contributed by atoms with van der Waals surface area (Å²) in [6.45, 7) is 0.0797. The van der Waals surface area contributed by atoms with Gasteiger partial charge in [-0.25, -0.2) is 4.79 Å². The number of imide groups is 1. The number of carbonyl (C=O) groups is 2. The van der Waals surface area contributed by atoms with Crippen LogP contribution in [-0.2, 0) is 11.3 Å². The highest BCUT2D eigenvalue weighted by atomic mass is 35.5. The molecule has 0 spiro atoms. The van der Waals surface area contributed by atoms with Crippen LogP contribution in [0.25, 0.3) is 17.4 Å². The van der Waals surface area contributed by atoms with Gasteiger partial charge in [0.25, 0.3) is 5.91 Å². The second-order valence-electron chi connectivity index (χ2n) is 6.36. The smallest absolute Gasteiger partial charge is 0.329 e. The number of rotatable bonds is 4. The summed E-state index contributed by atoms with van der Waals surface area (Å²) in [6, 6.07) is 19.0. The number of amides is 3. The molecule has 0 radical (unpaired) electrons. The first kappa shape index (κ1) is 18.5. The number of nitrogens with zero attached hydrogens (tertiary/aromatic N) is 2. The Labute approximate surface area is 171 Å². The van der Waals surface area contributed by atoms with E-state index in [1.54, 1.807) is 60.7 Å². The van der Waals surface area contributed by atoms with Crippen molar-refractivity contribution >= 4 is 29.6 Å². The zero-order chi connectivity index (χ0) is 20.4. The Kier molecular flexibility index (Phi) is 4.90. The van der Waals surface area contributed by atoms with Gasteiger partial charge in [0, 0.05) is 16.7 Å². The molecule has 1 aromatic heterocycles. The Morgan fingerprint density at radius 2 is 1.83 bits per heavy atom. The maximum Gasteiger partial charge on any atom is 0.329 e. The quantitative estimate of drug-likeness (QED) is 0.511. The normalized spacial score (nSPS) is 14.9. The molecule has 0 unspecified atom stereocenters. The predicted molar refractivity (Wildman–Crippen MR) is 107 cm³/mol. The lowest BCUT2D eigenvalue weighted by molar-refractivity contribution is -0.123. The SMILES string of the molecule is N#Cc1ccc(-c2ccc(C=C3NC(=O)N(Cc4ccccc4Cl)C3=O)o2)cc1. The first-order chi connectivity index (χ1) is 14.0. The molecule has 0 atom stereocenters. The van der Waals surface area contributed by atoms with Gasteiger partial charge in [-0.1, -0.05) is 29.8 Å². The molecule has 1 N–H and O–H groups in total. The van der Waals surface area contributed by atoms with Crippen molar-refractivity contribution in [1.82, 2.24) is 10.2 Å². The van der Waals surface area contributed by atoms with Crippen molar-refractivity contribution < 1.29 is 14.0 Å². The lowest BCUT2D eigenvalue weighted by atomic mass is 10.1. The molecule has 1 saturated heterocycles. The first-order valence-electron chi connectivity index (χ1n) is 8.73. The summed E-state index contributed by atoms with van der Waals surface area (Å²) in [5.74, 6) is 0.560. The topological polar surface area (TPSA) is 86.3 Å². The van der Waals surface area contributed by atoms with Crippen molar-refractivity contribution in [3.8, 4) is 17.4 Å². The second kappa shape index (κ2) is 7.66. The van der Waals surface area contributed by atoms with Gasteiger partial charge in [0.05, 0.1) is 18.2 Å². The molecular formula is C22H14ClN3O3. The summed E-state index contributed by atoms with van der Waals surface area (Å²) in [5.41, 5.74) is 2.17. The predicted octanol–water partition coefficient (Wildman–Crippen LogP) is 4.56. The van der Waals surface area contributed by atoms with Crippen LogP contribution in [-0.4, -0.2) is 16.8 Å². The molecule has 1 fully saturated rings. The van der Waals surface area contributed by atoms with Gasteiger partial charge in [-0.2, -0.15) is 5.26 Å². The third kappa shape index (κ3) is 3.77. The zero-order valence-electron chi connectivity index (χ0n) is 15.1. The van der Waals surface area contributed by atoms with E-state index in [0.29, 0.717) is 27.7 Å². The summed E-state index contributed by atoms with van der Waals surface area (Å²) in [6.07, 6.45) is 1.49. The largest absolute Gasteiger partial charge is 0.457 e. The summed E-state index contributed by atoms with van der Waals surface area (Å²) in [7, 11) is 0. The average molecular weight is 404 g/mol.